The summed E-state index contributed by atoms with van der Waals surface area (Å²) in [6, 6.07) is 9.56. The molecule has 1 aromatic heterocycles. The number of H-pyrrole nitrogens is 1. The predicted octanol–water partition coefficient (Wildman–Crippen LogP) is 1.50. The van der Waals surface area contributed by atoms with Gasteiger partial charge in [0.25, 0.3) is 0 Å². The largest absolute Gasteiger partial charge is 0.246 e. The third-order valence-corrected chi connectivity index (χ3v) is 1.93. The van der Waals surface area contributed by atoms with E-state index in [1.54, 1.807) is 6.92 Å². The minimum atomic E-state index is 0.461. The van der Waals surface area contributed by atoms with Crippen LogP contribution < -0.4 is 4.60 Å². The summed E-state index contributed by atoms with van der Waals surface area (Å²) in [5.41, 5.74) is 2.19. The van der Waals surface area contributed by atoms with E-state index in [9.17, 15) is 4.91 Å². The van der Waals surface area contributed by atoms with Crippen LogP contribution in [0.1, 0.15) is 5.69 Å². The SMILES string of the molecule is Cc1c(-c2ccccc2)[nH]o[n+]1=O. The molecule has 1 heterocycles. The highest BCUT2D eigenvalue weighted by molar-refractivity contribution is 5.59. The average molecular weight is 177 g/mol. The molecule has 13 heavy (non-hydrogen) atoms. The zero-order valence-electron chi connectivity index (χ0n) is 7.15. The van der Waals surface area contributed by atoms with Gasteiger partial charge < -0.3 is 0 Å². The van der Waals surface area contributed by atoms with E-state index in [4.69, 9.17) is 0 Å². The van der Waals surface area contributed by atoms with Gasteiger partial charge in [0.1, 0.15) is 0 Å². The first kappa shape index (κ1) is 7.79. The zero-order chi connectivity index (χ0) is 9.26. The fourth-order valence-corrected chi connectivity index (χ4v) is 1.19. The smallest absolute Gasteiger partial charge is 0.0879 e. The summed E-state index contributed by atoms with van der Waals surface area (Å²) < 4.78 is 5.05. The lowest BCUT2D eigenvalue weighted by Crippen LogP contribution is -2.12. The van der Waals surface area contributed by atoms with Gasteiger partial charge in [-0.3, -0.25) is 0 Å². The van der Waals surface area contributed by atoms with Crippen LogP contribution in [-0.4, -0.2) is 5.16 Å². The van der Waals surface area contributed by atoms with E-state index >= 15 is 0 Å². The van der Waals surface area contributed by atoms with Crippen molar-refractivity contribution in [1.29, 1.82) is 0 Å². The molecule has 0 atom stereocenters. The Morgan fingerprint density at radius 1 is 1.31 bits per heavy atom. The Bertz CT molecular complexity index is 456. The summed E-state index contributed by atoms with van der Waals surface area (Å²) in [6.45, 7) is 1.70. The zero-order valence-corrected chi connectivity index (χ0v) is 7.15. The van der Waals surface area contributed by atoms with Crippen LogP contribution in [0.5, 0.6) is 0 Å². The number of aromatic amines is 1. The molecule has 0 fully saturated rings. The highest BCUT2D eigenvalue weighted by atomic mass is 16.7. The molecule has 0 unspecified atom stereocenters. The predicted molar refractivity (Wildman–Crippen MR) is 46.6 cm³/mol. The van der Waals surface area contributed by atoms with Gasteiger partial charge in [-0.05, 0) is 4.91 Å². The number of rotatable bonds is 1. The fourth-order valence-electron chi connectivity index (χ4n) is 1.19. The van der Waals surface area contributed by atoms with Crippen LogP contribution in [0.3, 0.4) is 0 Å². The molecule has 0 bridgehead atoms. The Morgan fingerprint density at radius 3 is 2.54 bits per heavy atom. The third kappa shape index (κ3) is 1.26. The second-order valence-corrected chi connectivity index (χ2v) is 2.78. The lowest BCUT2D eigenvalue weighted by Gasteiger charge is -1.89. The summed E-state index contributed by atoms with van der Waals surface area (Å²) in [4.78, 5) is 10.9. The summed E-state index contributed by atoms with van der Waals surface area (Å²) >= 11 is 0. The number of nitrogens with zero attached hydrogens (tertiary/aromatic N) is 1. The van der Waals surface area contributed by atoms with Gasteiger partial charge in [-0.25, -0.2) is 0 Å². The number of nitrogens with one attached hydrogen (secondary N) is 1. The van der Waals surface area contributed by atoms with Crippen LogP contribution in [0, 0.1) is 11.8 Å². The lowest BCUT2D eigenvalue weighted by atomic mass is 10.1. The standard InChI is InChI=1S/C9H9N2O2/c1-7-9(10-13-11(7)12)8-5-3-2-4-6-8/h2-6,10H,1H3/q+1. The van der Waals surface area contributed by atoms with Crippen LogP contribution in [0.2, 0.25) is 0 Å². The number of hydrogen-bond acceptors (Lipinski definition) is 2. The van der Waals surface area contributed by atoms with Crippen LogP contribution in [-0.2, 0) is 0 Å². The van der Waals surface area contributed by atoms with Gasteiger partial charge in [-0.2, -0.15) is 0 Å². The number of benzene rings is 1. The molecule has 0 spiro atoms. The Labute approximate surface area is 74.3 Å². The van der Waals surface area contributed by atoms with E-state index < -0.39 is 0 Å². The highest BCUT2D eigenvalue weighted by Crippen LogP contribution is 2.16. The van der Waals surface area contributed by atoms with Gasteiger partial charge in [-0.15, -0.1) is 0 Å². The molecule has 1 aromatic carbocycles. The van der Waals surface area contributed by atoms with Crippen molar-refractivity contribution in [2.24, 2.45) is 0 Å². The Hall–Kier alpha value is -1.84. The van der Waals surface area contributed by atoms with E-state index in [0.29, 0.717) is 10.3 Å². The molecule has 2 rings (SSSR count). The topological polar surface area (TPSA) is 51.9 Å². The summed E-state index contributed by atoms with van der Waals surface area (Å²) in [7, 11) is 0. The van der Waals surface area contributed by atoms with Crippen molar-refractivity contribution in [3.05, 3.63) is 40.9 Å². The van der Waals surface area contributed by atoms with E-state index in [1.807, 2.05) is 30.3 Å². The van der Waals surface area contributed by atoms with Crippen molar-refractivity contribution in [1.82, 2.24) is 5.16 Å². The van der Waals surface area contributed by atoms with E-state index in [1.165, 1.54) is 0 Å². The second-order valence-electron chi connectivity index (χ2n) is 2.78. The van der Waals surface area contributed by atoms with Crippen molar-refractivity contribution in [3.63, 3.8) is 0 Å². The monoisotopic (exact) mass is 177 g/mol. The quantitative estimate of drug-likeness (QED) is 0.717. The summed E-state index contributed by atoms with van der Waals surface area (Å²) in [6.07, 6.45) is 0. The third-order valence-electron chi connectivity index (χ3n) is 1.93. The minimum Gasteiger partial charge on any atom is -0.0879 e. The van der Waals surface area contributed by atoms with Crippen LogP contribution in [0.15, 0.2) is 35.0 Å². The van der Waals surface area contributed by atoms with Gasteiger partial charge in [0.15, 0.2) is 4.60 Å². The normalized spacial score (nSPS) is 10.2. The Balaban J connectivity index is 2.60. The van der Waals surface area contributed by atoms with Crippen molar-refractivity contribution < 1.29 is 9.23 Å². The molecule has 2 aromatic rings. The molecule has 0 aliphatic rings. The number of hydrogen-bond donors (Lipinski definition) is 1. The van der Waals surface area contributed by atoms with Crippen molar-refractivity contribution in [2.75, 3.05) is 0 Å². The Morgan fingerprint density at radius 2 is 2.00 bits per heavy atom. The van der Waals surface area contributed by atoms with Gasteiger partial charge in [0.2, 0.25) is 11.4 Å². The van der Waals surface area contributed by atoms with Gasteiger partial charge in [0.05, 0.1) is 0 Å². The molecule has 0 radical (unpaired) electrons. The molecule has 0 amide bonds. The molecular weight excluding hydrogens is 168 g/mol. The Kier molecular flexibility index (Phi) is 1.73. The van der Waals surface area contributed by atoms with Crippen LogP contribution in [0.25, 0.3) is 11.3 Å². The molecule has 0 aliphatic carbocycles. The highest BCUT2D eigenvalue weighted by Gasteiger charge is 2.15. The summed E-state index contributed by atoms with van der Waals surface area (Å²) in [5, 5.41) is 2.57. The lowest BCUT2D eigenvalue weighted by molar-refractivity contribution is -0.718. The maximum atomic E-state index is 10.9. The summed E-state index contributed by atoms with van der Waals surface area (Å²) in [5.74, 6) is 0. The van der Waals surface area contributed by atoms with Crippen LogP contribution in [0.4, 0.5) is 0 Å². The molecule has 66 valence electrons. The van der Waals surface area contributed by atoms with E-state index in [-0.39, 0.29) is 0 Å². The first-order chi connectivity index (χ1) is 6.29. The molecule has 4 heteroatoms. The first-order valence-corrected chi connectivity index (χ1v) is 3.95. The molecule has 0 saturated heterocycles. The molecule has 0 saturated carbocycles. The molecule has 0 aliphatic heterocycles. The van der Waals surface area contributed by atoms with Gasteiger partial charge in [0, 0.05) is 12.5 Å². The van der Waals surface area contributed by atoms with E-state index in [0.717, 1.165) is 11.3 Å². The van der Waals surface area contributed by atoms with Crippen molar-refractivity contribution in [3.8, 4) is 11.3 Å². The molecule has 4 nitrogen and oxygen atoms in total. The van der Waals surface area contributed by atoms with Crippen molar-refractivity contribution in [2.45, 2.75) is 6.92 Å². The number of aromatic nitrogens is 2. The van der Waals surface area contributed by atoms with E-state index in [2.05, 4.69) is 9.79 Å². The van der Waals surface area contributed by atoms with Crippen LogP contribution >= 0.6 is 0 Å². The second kappa shape index (κ2) is 2.90. The maximum absolute atomic E-state index is 10.9. The first-order valence-electron chi connectivity index (χ1n) is 3.95. The maximum Gasteiger partial charge on any atom is 0.246 e. The van der Waals surface area contributed by atoms with Gasteiger partial charge in [-0.1, -0.05) is 40.1 Å². The molecule has 1 N–H and O–H groups in total. The minimum absolute atomic E-state index is 0.461. The van der Waals surface area contributed by atoms with Crippen molar-refractivity contribution >= 4 is 0 Å². The fraction of sp³-hybridized carbons (Fsp3) is 0.111. The molecular formula is C9H9N2O2+. The average Bonchev–Trinajstić information content (AvgIpc) is 2.49. The van der Waals surface area contributed by atoms with Gasteiger partial charge >= 0.3 is 0 Å².